The van der Waals surface area contributed by atoms with Crippen molar-refractivity contribution in [1.82, 2.24) is 20.6 Å². The number of carbonyl (C=O) groups is 4. The molecule has 156 valence electrons. The third-order valence-corrected chi connectivity index (χ3v) is 4.07. The van der Waals surface area contributed by atoms with Crippen LogP contribution in [0.1, 0.15) is 44.7 Å². The maximum absolute atomic E-state index is 12.6. The van der Waals surface area contributed by atoms with Crippen LogP contribution in [0.5, 0.6) is 0 Å². The summed E-state index contributed by atoms with van der Waals surface area (Å²) in [6.45, 7) is 1.96. The van der Waals surface area contributed by atoms with Gasteiger partial charge in [-0.25, -0.2) is 9.78 Å². The van der Waals surface area contributed by atoms with Crippen molar-refractivity contribution in [3.8, 4) is 0 Å². The Bertz CT molecular complexity index is 663. The van der Waals surface area contributed by atoms with E-state index in [2.05, 4.69) is 20.6 Å². The number of carbonyl (C=O) groups excluding carboxylic acids is 2. The minimum Gasteiger partial charge on any atom is -0.481 e. The number of nitrogens with zero attached hydrogens (tertiary/aromatic N) is 1. The Morgan fingerprint density at radius 3 is 2.36 bits per heavy atom. The van der Waals surface area contributed by atoms with Crippen LogP contribution < -0.4 is 16.4 Å². The second-order valence-corrected chi connectivity index (χ2v) is 6.41. The highest BCUT2D eigenvalue weighted by molar-refractivity contribution is 5.92. The normalized spacial score (nSPS) is 13.9. The van der Waals surface area contributed by atoms with Crippen molar-refractivity contribution in [2.45, 2.75) is 63.6 Å². The van der Waals surface area contributed by atoms with E-state index in [4.69, 9.17) is 10.8 Å². The molecule has 0 saturated carbocycles. The molecule has 1 heterocycles. The van der Waals surface area contributed by atoms with Crippen LogP contribution in [0, 0.1) is 0 Å². The number of carboxylic acid groups (broad SMARTS) is 2. The topological polar surface area (TPSA) is 187 Å². The first-order chi connectivity index (χ1) is 13.2. The molecule has 0 bridgehead atoms. The molecule has 28 heavy (non-hydrogen) atoms. The van der Waals surface area contributed by atoms with Crippen LogP contribution in [0.4, 0.5) is 0 Å². The number of unbranched alkanes of at least 4 members (excludes halogenated alkanes) is 1. The number of rotatable bonds is 13. The summed E-state index contributed by atoms with van der Waals surface area (Å²) in [5.41, 5.74) is 6.32. The SMILES string of the molecule is CCCC[C@H](N)C(=O)N[C@@H](Cc1c[nH]cn1)C(=O)N[C@@H](CCC(=O)O)C(=O)O. The van der Waals surface area contributed by atoms with Gasteiger partial charge in [0, 0.05) is 19.0 Å². The predicted octanol–water partition coefficient (Wildman–Crippen LogP) is -0.611. The van der Waals surface area contributed by atoms with E-state index in [0.717, 1.165) is 12.8 Å². The first-order valence-corrected chi connectivity index (χ1v) is 9.03. The highest BCUT2D eigenvalue weighted by Gasteiger charge is 2.28. The lowest BCUT2D eigenvalue weighted by molar-refractivity contribution is -0.143. The monoisotopic (exact) mass is 397 g/mol. The number of imidazole rings is 1. The van der Waals surface area contributed by atoms with Gasteiger partial charge in [-0.15, -0.1) is 0 Å². The number of nitrogens with two attached hydrogens (primary N) is 1. The molecule has 0 aromatic carbocycles. The van der Waals surface area contributed by atoms with Crippen molar-refractivity contribution in [2.24, 2.45) is 5.73 Å². The minimum atomic E-state index is -1.39. The van der Waals surface area contributed by atoms with Crippen molar-refractivity contribution in [1.29, 1.82) is 0 Å². The summed E-state index contributed by atoms with van der Waals surface area (Å²) < 4.78 is 0. The molecule has 3 atom stereocenters. The third kappa shape index (κ3) is 8.16. The fraction of sp³-hybridized carbons (Fsp3) is 0.588. The van der Waals surface area contributed by atoms with E-state index in [-0.39, 0.29) is 12.8 Å². The molecule has 1 aromatic heterocycles. The molecule has 0 unspecified atom stereocenters. The van der Waals surface area contributed by atoms with Gasteiger partial charge >= 0.3 is 11.9 Å². The molecule has 0 aliphatic rings. The number of carboxylic acids is 2. The van der Waals surface area contributed by atoms with Crippen molar-refractivity contribution >= 4 is 23.8 Å². The summed E-state index contributed by atoms with van der Waals surface area (Å²) in [5, 5.41) is 22.7. The van der Waals surface area contributed by atoms with Gasteiger partial charge in [-0.05, 0) is 12.8 Å². The van der Waals surface area contributed by atoms with Gasteiger partial charge in [0.25, 0.3) is 0 Å². The van der Waals surface area contributed by atoms with Crippen LogP contribution in [-0.2, 0) is 25.6 Å². The van der Waals surface area contributed by atoms with Crippen LogP contribution in [0.2, 0.25) is 0 Å². The quantitative estimate of drug-likeness (QED) is 0.254. The Balaban J connectivity index is 2.84. The minimum absolute atomic E-state index is 0.0207. The zero-order valence-corrected chi connectivity index (χ0v) is 15.7. The van der Waals surface area contributed by atoms with Crippen LogP contribution in [0.3, 0.4) is 0 Å². The smallest absolute Gasteiger partial charge is 0.326 e. The van der Waals surface area contributed by atoms with E-state index in [1.54, 1.807) is 6.20 Å². The summed E-state index contributed by atoms with van der Waals surface area (Å²) in [6, 6.07) is -3.29. The number of aromatic amines is 1. The van der Waals surface area contributed by atoms with Crippen LogP contribution in [-0.4, -0.2) is 62.1 Å². The maximum atomic E-state index is 12.6. The zero-order valence-electron chi connectivity index (χ0n) is 15.7. The Morgan fingerprint density at radius 1 is 1.14 bits per heavy atom. The van der Waals surface area contributed by atoms with Gasteiger partial charge in [-0.1, -0.05) is 19.8 Å². The Kier molecular flexibility index (Phi) is 9.65. The summed E-state index contributed by atoms with van der Waals surface area (Å²) in [7, 11) is 0. The molecule has 7 N–H and O–H groups in total. The number of aliphatic carboxylic acids is 2. The lowest BCUT2D eigenvalue weighted by atomic mass is 10.1. The number of nitrogens with one attached hydrogen (secondary N) is 3. The average Bonchev–Trinajstić information content (AvgIpc) is 3.14. The predicted molar refractivity (Wildman–Crippen MR) is 98.2 cm³/mol. The van der Waals surface area contributed by atoms with Gasteiger partial charge < -0.3 is 31.6 Å². The van der Waals surface area contributed by atoms with Crippen molar-refractivity contribution in [3.05, 3.63) is 18.2 Å². The second-order valence-electron chi connectivity index (χ2n) is 6.41. The van der Waals surface area contributed by atoms with Crippen molar-refractivity contribution in [2.75, 3.05) is 0 Å². The van der Waals surface area contributed by atoms with Gasteiger partial charge in [0.05, 0.1) is 18.1 Å². The second kappa shape index (κ2) is 11.7. The largest absolute Gasteiger partial charge is 0.481 e. The van der Waals surface area contributed by atoms with Crippen LogP contribution in [0.25, 0.3) is 0 Å². The van der Waals surface area contributed by atoms with E-state index in [9.17, 15) is 24.3 Å². The zero-order chi connectivity index (χ0) is 21.1. The van der Waals surface area contributed by atoms with E-state index < -0.39 is 48.3 Å². The molecule has 11 heteroatoms. The number of H-pyrrole nitrogens is 1. The fourth-order valence-corrected chi connectivity index (χ4v) is 2.45. The number of hydrogen-bond donors (Lipinski definition) is 6. The van der Waals surface area contributed by atoms with E-state index in [1.165, 1.54) is 6.33 Å². The highest BCUT2D eigenvalue weighted by Crippen LogP contribution is 2.05. The first-order valence-electron chi connectivity index (χ1n) is 9.03. The molecule has 0 saturated heterocycles. The molecule has 1 rings (SSSR count). The number of hydrogen-bond acceptors (Lipinski definition) is 6. The summed E-state index contributed by atoms with van der Waals surface area (Å²) >= 11 is 0. The molecule has 0 aliphatic heterocycles. The molecule has 0 radical (unpaired) electrons. The Morgan fingerprint density at radius 2 is 1.82 bits per heavy atom. The van der Waals surface area contributed by atoms with Gasteiger partial charge in [0.1, 0.15) is 12.1 Å². The molecule has 0 aliphatic carbocycles. The summed E-state index contributed by atoms with van der Waals surface area (Å²) in [4.78, 5) is 53.6. The Labute approximate surface area is 162 Å². The molecule has 11 nitrogen and oxygen atoms in total. The number of amides is 2. The molecular weight excluding hydrogens is 370 g/mol. The lowest BCUT2D eigenvalue weighted by Gasteiger charge is -2.22. The third-order valence-electron chi connectivity index (χ3n) is 4.07. The maximum Gasteiger partial charge on any atom is 0.326 e. The van der Waals surface area contributed by atoms with Gasteiger partial charge in [-0.2, -0.15) is 0 Å². The van der Waals surface area contributed by atoms with Crippen LogP contribution >= 0.6 is 0 Å². The Hall–Kier alpha value is -2.95. The van der Waals surface area contributed by atoms with Crippen molar-refractivity contribution in [3.63, 3.8) is 0 Å². The van der Waals surface area contributed by atoms with Gasteiger partial charge in [0.2, 0.25) is 11.8 Å². The molecule has 1 aromatic rings. The average molecular weight is 397 g/mol. The fourth-order valence-electron chi connectivity index (χ4n) is 2.45. The molecule has 0 fully saturated rings. The van der Waals surface area contributed by atoms with Gasteiger partial charge in [0.15, 0.2) is 0 Å². The standard InChI is InChI=1S/C17H27N5O6/c1-2-3-4-11(18)15(25)22-13(7-10-8-19-9-20-10)16(26)21-12(17(27)28)5-6-14(23)24/h8-9,11-13H,2-7,18H2,1H3,(H,19,20)(H,21,26)(H,22,25)(H,23,24)(H,27,28)/t11-,12-,13-/m0/s1. The van der Waals surface area contributed by atoms with E-state index in [0.29, 0.717) is 12.1 Å². The summed E-state index contributed by atoms with van der Waals surface area (Å²) in [5.74, 6) is -3.82. The highest BCUT2D eigenvalue weighted by atomic mass is 16.4. The van der Waals surface area contributed by atoms with Gasteiger partial charge in [-0.3, -0.25) is 14.4 Å². The lowest BCUT2D eigenvalue weighted by Crippen LogP contribution is -2.55. The molecule has 2 amide bonds. The number of aromatic nitrogens is 2. The molecule has 0 spiro atoms. The summed E-state index contributed by atoms with van der Waals surface area (Å²) in [6.07, 6.45) is 4.34. The first kappa shape index (κ1) is 23.1. The van der Waals surface area contributed by atoms with Crippen molar-refractivity contribution < 1.29 is 29.4 Å². The van der Waals surface area contributed by atoms with Crippen LogP contribution in [0.15, 0.2) is 12.5 Å². The van der Waals surface area contributed by atoms with E-state index in [1.807, 2.05) is 6.92 Å². The molecular formula is C17H27N5O6. The van der Waals surface area contributed by atoms with E-state index >= 15 is 0 Å².